The zero-order valence-electron chi connectivity index (χ0n) is 9.16. The van der Waals surface area contributed by atoms with Gasteiger partial charge in [0, 0.05) is 11.1 Å². The molecule has 0 amide bonds. The molecule has 0 saturated heterocycles. The van der Waals surface area contributed by atoms with Gasteiger partial charge in [0.2, 0.25) is 5.90 Å². The van der Waals surface area contributed by atoms with Gasteiger partial charge in [-0.25, -0.2) is 9.38 Å². The van der Waals surface area contributed by atoms with Crippen LogP contribution in [0.5, 0.6) is 0 Å². The Bertz CT molecular complexity index is 466. The van der Waals surface area contributed by atoms with Crippen LogP contribution in [0.2, 0.25) is 0 Å². The van der Waals surface area contributed by atoms with Crippen molar-refractivity contribution in [3.05, 3.63) is 35.1 Å². The van der Waals surface area contributed by atoms with Gasteiger partial charge < -0.3 is 4.74 Å². The molecule has 84 valence electrons. The van der Waals surface area contributed by atoms with E-state index in [-0.39, 0.29) is 11.1 Å². The molecular formula is C12H12FNO2. The van der Waals surface area contributed by atoms with Crippen LogP contribution in [0, 0.1) is 5.82 Å². The molecule has 4 heteroatoms. The minimum Gasteiger partial charge on any atom is -0.475 e. The van der Waals surface area contributed by atoms with E-state index in [1.165, 1.54) is 18.2 Å². The Hall–Kier alpha value is -1.71. The number of rotatable bonds is 2. The van der Waals surface area contributed by atoms with Gasteiger partial charge in [-0.1, -0.05) is 0 Å². The predicted octanol–water partition coefficient (Wildman–Crippen LogP) is 2.19. The Labute approximate surface area is 93.0 Å². The number of carbonyl (C=O) groups excluding carboxylic acids is 1. The van der Waals surface area contributed by atoms with Crippen molar-refractivity contribution in [2.24, 2.45) is 4.99 Å². The molecule has 0 radical (unpaired) electrons. The maximum Gasteiger partial charge on any atom is 0.217 e. The molecule has 3 nitrogen and oxygen atoms in total. The standard InChI is InChI=1S/C12H12FNO2/c1-12(2)7-16-11(14-12)10-4-3-9(13)5-8(10)6-15/h3-6H,7H2,1-2H3. The highest BCUT2D eigenvalue weighted by Gasteiger charge is 2.28. The monoisotopic (exact) mass is 221 g/mol. The van der Waals surface area contributed by atoms with Crippen LogP contribution in [0.4, 0.5) is 4.39 Å². The molecule has 0 aromatic heterocycles. The normalized spacial score (nSPS) is 17.8. The molecule has 0 atom stereocenters. The van der Waals surface area contributed by atoms with Gasteiger partial charge in [0.1, 0.15) is 12.4 Å². The number of aliphatic imine (C=N–C) groups is 1. The summed E-state index contributed by atoms with van der Waals surface area (Å²) < 4.78 is 18.3. The third-order valence-corrected chi connectivity index (χ3v) is 2.34. The third kappa shape index (κ3) is 1.96. The number of halogens is 1. The average Bonchev–Trinajstić information content (AvgIpc) is 2.58. The van der Waals surface area contributed by atoms with Crippen LogP contribution >= 0.6 is 0 Å². The van der Waals surface area contributed by atoms with Gasteiger partial charge in [-0.3, -0.25) is 4.79 Å². The van der Waals surface area contributed by atoms with Gasteiger partial charge in [0.25, 0.3) is 0 Å². The minimum atomic E-state index is -0.441. The van der Waals surface area contributed by atoms with E-state index in [0.717, 1.165) is 0 Å². The lowest BCUT2D eigenvalue weighted by Gasteiger charge is -2.07. The summed E-state index contributed by atoms with van der Waals surface area (Å²) in [5, 5.41) is 0. The molecule has 0 bridgehead atoms. The lowest BCUT2D eigenvalue weighted by Crippen LogP contribution is -2.17. The first-order valence-electron chi connectivity index (χ1n) is 4.99. The Morgan fingerprint density at radius 1 is 1.50 bits per heavy atom. The molecule has 1 aliphatic rings. The Kier molecular flexibility index (Phi) is 2.50. The second kappa shape index (κ2) is 3.70. The second-order valence-corrected chi connectivity index (χ2v) is 4.37. The highest BCUT2D eigenvalue weighted by atomic mass is 19.1. The lowest BCUT2D eigenvalue weighted by molar-refractivity contribution is 0.112. The first-order chi connectivity index (χ1) is 7.52. The SMILES string of the molecule is CC1(C)COC(c2ccc(F)cc2C=O)=N1. The van der Waals surface area contributed by atoms with E-state index in [2.05, 4.69) is 4.99 Å². The molecule has 1 aromatic rings. The maximum atomic E-state index is 12.9. The number of carbonyl (C=O) groups is 1. The topological polar surface area (TPSA) is 38.7 Å². The van der Waals surface area contributed by atoms with Gasteiger partial charge >= 0.3 is 0 Å². The van der Waals surface area contributed by atoms with Gasteiger partial charge in [0.15, 0.2) is 6.29 Å². The zero-order chi connectivity index (χ0) is 11.8. The molecule has 0 N–H and O–H groups in total. The van der Waals surface area contributed by atoms with Crippen molar-refractivity contribution in [1.82, 2.24) is 0 Å². The number of benzene rings is 1. The summed E-state index contributed by atoms with van der Waals surface area (Å²) in [6.07, 6.45) is 0.607. The fourth-order valence-corrected chi connectivity index (χ4v) is 1.55. The molecule has 16 heavy (non-hydrogen) atoms. The number of hydrogen-bond donors (Lipinski definition) is 0. The number of hydrogen-bond acceptors (Lipinski definition) is 3. The predicted molar refractivity (Wildman–Crippen MR) is 58.4 cm³/mol. The number of ether oxygens (including phenoxy) is 1. The van der Waals surface area contributed by atoms with E-state index in [1.54, 1.807) is 0 Å². The van der Waals surface area contributed by atoms with Crippen molar-refractivity contribution in [2.75, 3.05) is 6.61 Å². The largest absolute Gasteiger partial charge is 0.475 e. The van der Waals surface area contributed by atoms with Crippen molar-refractivity contribution in [3.63, 3.8) is 0 Å². The van der Waals surface area contributed by atoms with E-state index in [4.69, 9.17) is 4.74 Å². The van der Waals surface area contributed by atoms with E-state index >= 15 is 0 Å². The van der Waals surface area contributed by atoms with Gasteiger partial charge in [-0.05, 0) is 32.0 Å². The molecule has 1 heterocycles. The third-order valence-electron chi connectivity index (χ3n) is 2.34. The average molecular weight is 221 g/mol. The van der Waals surface area contributed by atoms with Crippen molar-refractivity contribution in [3.8, 4) is 0 Å². The van der Waals surface area contributed by atoms with Crippen molar-refractivity contribution >= 4 is 12.2 Å². The Balaban J connectivity index is 2.45. The van der Waals surface area contributed by atoms with Crippen molar-refractivity contribution in [1.29, 1.82) is 0 Å². The van der Waals surface area contributed by atoms with Crippen LogP contribution in [0.15, 0.2) is 23.2 Å². The summed E-state index contributed by atoms with van der Waals surface area (Å²) in [7, 11) is 0. The van der Waals surface area contributed by atoms with Crippen molar-refractivity contribution < 1.29 is 13.9 Å². The number of aldehydes is 1. The summed E-state index contributed by atoms with van der Waals surface area (Å²) in [5.74, 6) is -0.0317. The summed E-state index contributed by atoms with van der Waals surface area (Å²) >= 11 is 0. The van der Waals surface area contributed by atoms with Crippen LogP contribution in [0.3, 0.4) is 0 Å². The molecule has 2 rings (SSSR count). The summed E-state index contributed by atoms with van der Waals surface area (Å²) in [6.45, 7) is 4.34. The molecule has 1 aromatic carbocycles. The molecule has 0 fully saturated rings. The fourth-order valence-electron chi connectivity index (χ4n) is 1.55. The van der Waals surface area contributed by atoms with Crippen LogP contribution in [0.25, 0.3) is 0 Å². The van der Waals surface area contributed by atoms with E-state index in [1.807, 2.05) is 13.8 Å². The Morgan fingerprint density at radius 3 is 2.81 bits per heavy atom. The smallest absolute Gasteiger partial charge is 0.217 e. The van der Waals surface area contributed by atoms with E-state index in [9.17, 15) is 9.18 Å². The van der Waals surface area contributed by atoms with Gasteiger partial charge in [-0.2, -0.15) is 0 Å². The maximum absolute atomic E-state index is 12.9. The summed E-state index contributed by atoms with van der Waals surface area (Å²) in [5.41, 5.74) is 0.516. The van der Waals surface area contributed by atoms with Gasteiger partial charge in [-0.15, -0.1) is 0 Å². The molecule has 0 unspecified atom stereocenters. The van der Waals surface area contributed by atoms with E-state index < -0.39 is 5.82 Å². The highest BCUT2D eigenvalue weighted by molar-refractivity contribution is 6.02. The van der Waals surface area contributed by atoms with E-state index in [0.29, 0.717) is 24.4 Å². The van der Waals surface area contributed by atoms with Crippen molar-refractivity contribution in [2.45, 2.75) is 19.4 Å². The Morgan fingerprint density at radius 2 is 2.25 bits per heavy atom. The quantitative estimate of drug-likeness (QED) is 0.718. The first-order valence-corrected chi connectivity index (χ1v) is 4.99. The first kappa shape index (κ1) is 10.8. The summed E-state index contributed by atoms with van der Waals surface area (Å²) in [6, 6.07) is 3.98. The lowest BCUT2D eigenvalue weighted by atomic mass is 10.1. The fraction of sp³-hybridized carbons (Fsp3) is 0.333. The van der Waals surface area contributed by atoms with Gasteiger partial charge in [0.05, 0.1) is 5.54 Å². The summed E-state index contributed by atoms with van der Waals surface area (Å²) in [4.78, 5) is 15.2. The van der Waals surface area contributed by atoms with Crippen LogP contribution in [-0.2, 0) is 4.74 Å². The van der Waals surface area contributed by atoms with Crippen LogP contribution in [0.1, 0.15) is 29.8 Å². The minimum absolute atomic E-state index is 0.261. The highest BCUT2D eigenvalue weighted by Crippen LogP contribution is 2.22. The molecule has 0 aliphatic carbocycles. The van der Waals surface area contributed by atoms with Crippen LogP contribution < -0.4 is 0 Å². The molecule has 1 aliphatic heterocycles. The molecular weight excluding hydrogens is 209 g/mol. The zero-order valence-corrected chi connectivity index (χ0v) is 9.16. The van der Waals surface area contributed by atoms with Crippen LogP contribution in [-0.4, -0.2) is 24.3 Å². The number of nitrogens with zero attached hydrogens (tertiary/aromatic N) is 1. The molecule has 0 saturated carbocycles. The second-order valence-electron chi connectivity index (χ2n) is 4.37. The molecule has 0 spiro atoms.